The molecular formula is C66H124O6. The summed E-state index contributed by atoms with van der Waals surface area (Å²) in [6.45, 7) is 6.63. The van der Waals surface area contributed by atoms with Crippen LogP contribution in [0, 0.1) is 0 Å². The first-order valence-corrected chi connectivity index (χ1v) is 32.3. The van der Waals surface area contributed by atoms with Crippen molar-refractivity contribution in [3.05, 3.63) is 24.3 Å². The molecule has 0 aromatic rings. The van der Waals surface area contributed by atoms with E-state index in [0.29, 0.717) is 19.3 Å². The van der Waals surface area contributed by atoms with Crippen molar-refractivity contribution in [2.75, 3.05) is 13.2 Å². The predicted molar refractivity (Wildman–Crippen MR) is 312 cm³/mol. The van der Waals surface area contributed by atoms with Crippen LogP contribution in [0.4, 0.5) is 0 Å². The van der Waals surface area contributed by atoms with Crippen molar-refractivity contribution < 1.29 is 28.6 Å². The minimum atomic E-state index is -0.773. The number of carbonyl (C=O) groups is 3. The van der Waals surface area contributed by atoms with Gasteiger partial charge in [0, 0.05) is 19.3 Å². The molecule has 0 saturated heterocycles. The smallest absolute Gasteiger partial charge is 0.306 e. The molecule has 0 amide bonds. The van der Waals surface area contributed by atoms with Crippen molar-refractivity contribution in [3.63, 3.8) is 0 Å². The molecule has 1 atom stereocenters. The maximum Gasteiger partial charge on any atom is 0.306 e. The van der Waals surface area contributed by atoms with E-state index >= 15 is 0 Å². The van der Waals surface area contributed by atoms with Crippen LogP contribution in [0.15, 0.2) is 24.3 Å². The topological polar surface area (TPSA) is 78.9 Å². The van der Waals surface area contributed by atoms with Gasteiger partial charge < -0.3 is 14.2 Å². The van der Waals surface area contributed by atoms with Crippen molar-refractivity contribution in [3.8, 4) is 0 Å². The summed E-state index contributed by atoms with van der Waals surface area (Å²) in [4.78, 5) is 38.2. The van der Waals surface area contributed by atoms with E-state index in [4.69, 9.17) is 14.2 Å². The van der Waals surface area contributed by atoms with Crippen LogP contribution in [-0.4, -0.2) is 37.2 Å². The Morgan fingerprint density at radius 2 is 0.486 bits per heavy atom. The van der Waals surface area contributed by atoms with E-state index in [1.54, 1.807) is 0 Å². The van der Waals surface area contributed by atoms with Crippen molar-refractivity contribution in [2.24, 2.45) is 0 Å². The average molecular weight is 1010 g/mol. The van der Waals surface area contributed by atoms with Crippen LogP contribution >= 0.6 is 0 Å². The molecule has 0 spiro atoms. The van der Waals surface area contributed by atoms with Crippen molar-refractivity contribution in [2.45, 2.75) is 367 Å². The summed E-state index contributed by atoms with van der Waals surface area (Å²) in [6, 6.07) is 0. The zero-order chi connectivity index (χ0) is 52.2. The zero-order valence-electron chi connectivity index (χ0n) is 48.7. The van der Waals surface area contributed by atoms with Crippen molar-refractivity contribution in [1.82, 2.24) is 0 Å². The molecular weight excluding hydrogens is 889 g/mol. The number of carbonyl (C=O) groups excluding carboxylic acids is 3. The largest absolute Gasteiger partial charge is 0.462 e. The molecule has 6 heteroatoms. The fourth-order valence-electron chi connectivity index (χ4n) is 9.80. The van der Waals surface area contributed by atoms with Gasteiger partial charge in [0.2, 0.25) is 0 Å². The summed E-state index contributed by atoms with van der Waals surface area (Å²) < 4.78 is 16.9. The van der Waals surface area contributed by atoms with Crippen molar-refractivity contribution >= 4 is 17.9 Å². The normalized spacial score (nSPS) is 12.1. The lowest BCUT2D eigenvalue weighted by Gasteiger charge is -2.18. The third-order valence-electron chi connectivity index (χ3n) is 14.7. The van der Waals surface area contributed by atoms with Gasteiger partial charge in [-0.25, -0.2) is 0 Å². The molecule has 0 heterocycles. The highest BCUT2D eigenvalue weighted by Gasteiger charge is 2.19. The first-order chi connectivity index (χ1) is 35.5. The van der Waals surface area contributed by atoms with E-state index in [2.05, 4.69) is 45.1 Å². The van der Waals surface area contributed by atoms with E-state index < -0.39 is 6.10 Å². The monoisotopic (exact) mass is 1010 g/mol. The maximum absolute atomic E-state index is 12.9. The fourth-order valence-corrected chi connectivity index (χ4v) is 9.80. The Morgan fingerprint density at radius 1 is 0.264 bits per heavy atom. The second kappa shape index (κ2) is 61.4. The van der Waals surface area contributed by atoms with Crippen molar-refractivity contribution in [1.29, 1.82) is 0 Å². The number of ether oxygens (including phenoxy) is 3. The first-order valence-electron chi connectivity index (χ1n) is 32.3. The molecule has 0 bridgehead atoms. The maximum atomic E-state index is 12.9. The molecule has 0 radical (unpaired) electrons. The first kappa shape index (κ1) is 69.9. The predicted octanol–water partition coefficient (Wildman–Crippen LogP) is 21.8. The molecule has 1 unspecified atom stereocenters. The van der Waals surface area contributed by atoms with E-state index in [9.17, 15) is 14.4 Å². The van der Waals surface area contributed by atoms with E-state index in [0.717, 1.165) is 70.6 Å². The molecule has 0 fully saturated rings. The summed E-state index contributed by atoms with van der Waals surface area (Å²) in [5.41, 5.74) is 0. The Hall–Kier alpha value is -2.11. The summed E-state index contributed by atoms with van der Waals surface area (Å²) in [5, 5.41) is 0. The standard InChI is InChI=1S/C66H124O6/c1-4-7-10-13-16-19-22-24-26-28-30-31-32-33-34-35-36-37-39-40-42-44-47-50-53-56-59-65(68)71-62-63(61-70-64(67)58-55-52-49-46-21-18-15-12-9-6-3)72-66(69)60-57-54-51-48-45-43-41-38-29-27-25-23-20-17-14-11-8-5-2/h12,15,27,29,63H,4-11,13-14,16-26,28,30-62H2,1-3H3/b15-12-,29-27-. The summed E-state index contributed by atoms with van der Waals surface area (Å²) in [7, 11) is 0. The molecule has 0 aromatic carbocycles. The number of allylic oxidation sites excluding steroid dienone is 4. The lowest BCUT2D eigenvalue weighted by Crippen LogP contribution is -2.30. The molecule has 72 heavy (non-hydrogen) atoms. The Bertz CT molecular complexity index is 1160. The highest BCUT2D eigenvalue weighted by molar-refractivity contribution is 5.71. The van der Waals surface area contributed by atoms with Gasteiger partial charge in [-0.05, 0) is 64.2 Å². The molecule has 0 aliphatic rings. The highest BCUT2D eigenvalue weighted by atomic mass is 16.6. The van der Waals surface area contributed by atoms with Gasteiger partial charge in [-0.15, -0.1) is 0 Å². The quantitative estimate of drug-likeness (QED) is 0.0261. The SMILES string of the molecule is CCC/C=C\CCCCCCCC(=O)OCC(COC(=O)CCCCCCCCCCCCCCCCCCCCCCCCCCCC)OC(=O)CCCCCCCCC/C=C\CCCCCCCCC. The number of rotatable bonds is 60. The van der Waals surface area contributed by atoms with Gasteiger partial charge >= 0.3 is 17.9 Å². The number of unbranched alkanes of at least 4 members (excludes halogenated alkanes) is 45. The average Bonchev–Trinajstić information content (AvgIpc) is 3.38. The molecule has 0 aromatic heterocycles. The van der Waals surface area contributed by atoms with Crippen LogP contribution in [0.3, 0.4) is 0 Å². The number of hydrogen-bond acceptors (Lipinski definition) is 6. The molecule has 0 aliphatic heterocycles. The van der Waals surface area contributed by atoms with Gasteiger partial charge in [-0.2, -0.15) is 0 Å². The molecule has 0 rings (SSSR count). The minimum Gasteiger partial charge on any atom is -0.462 e. The number of esters is 3. The Kier molecular flexibility index (Phi) is 59.6. The lowest BCUT2D eigenvalue weighted by molar-refractivity contribution is -0.167. The highest BCUT2D eigenvalue weighted by Crippen LogP contribution is 2.18. The lowest BCUT2D eigenvalue weighted by atomic mass is 10.0. The van der Waals surface area contributed by atoms with Crippen LogP contribution in [0.25, 0.3) is 0 Å². The van der Waals surface area contributed by atoms with Gasteiger partial charge in [-0.3, -0.25) is 14.4 Å². The molecule has 0 saturated carbocycles. The molecule has 6 nitrogen and oxygen atoms in total. The third-order valence-corrected chi connectivity index (χ3v) is 14.7. The molecule has 424 valence electrons. The van der Waals surface area contributed by atoms with Crippen LogP contribution < -0.4 is 0 Å². The zero-order valence-corrected chi connectivity index (χ0v) is 48.7. The van der Waals surface area contributed by atoms with Gasteiger partial charge in [0.1, 0.15) is 13.2 Å². The van der Waals surface area contributed by atoms with Gasteiger partial charge in [0.15, 0.2) is 6.10 Å². The summed E-state index contributed by atoms with van der Waals surface area (Å²) >= 11 is 0. The second-order valence-corrected chi connectivity index (χ2v) is 22.0. The van der Waals surface area contributed by atoms with Gasteiger partial charge in [0.25, 0.3) is 0 Å². The summed E-state index contributed by atoms with van der Waals surface area (Å²) in [5.74, 6) is -0.864. The number of hydrogen-bond donors (Lipinski definition) is 0. The second-order valence-electron chi connectivity index (χ2n) is 22.0. The van der Waals surface area contributed by atoms with Gasteiger partial charge in [0.05, 0.1) is 0 Å². The summed E-state index contributed by atoms with van der Waals surface area (Å²) in [6.07, 6.45) is 73.5. The molecule has 0 N–H and O–H groups in total. The van der Waals surface area contributed by atoms with E-state index in [1.807, 2.05) is 0 Å². The Labute approximate surface area is 449 Å². The minimum absolute atomic E-state index is 0.0711. The van der Waals surface area contributed by atoms with E-state index in [-0.39, 0.29) is 31.1 Å². The third kappa shape index (κ3) is 58.8. The van der Waals surface area contributed by atoms with Crippen LogP contribution in [0.1, 0.15) is 361 Å². The fraction of sp³-hybridized carbons (Fsp3) is 0.894. The van der Waals surface area contributed by atoms with Gasteiger partial charge in [-0.1, -0.05) is 302 Å². The van der Waals surface area contributed by atoms with E-state index in [1.165, 1.54) is 250 Å². The van der Waals surface area contributed by atoms with Crippen LogP contribution in [0.5, 0.6) is 0 Å². The van der Waals surface area contributed by atoms with Crippen LogP contribution in [-0.2, 0) is 28.6 Å². The Balaban J connectivity index is 4.15. The molecule has 0 aliphatic carbocycles. The Morgan fingerprint density at radius 3 is 0.750 bits per heavy atom. The van der Waals surface area contributed by atoms with Crippen LogP contribution in [0.2, 0.25) is 0 Å².